The molecule has 0 bridgehead atoms. The first-order valence-electron chi connectivity index (χ1n) is 17.8. The molecular formula is C28H38N11O21P3. The summed E-state index contributed by atoms with van der Waals surface area (Å²) >= 11 is 0. The van der Waals surface area contributed by atoms with E-state index in [0.29, 0.717) is 9.13 Å². The Bertz CT molecular complexity index is 2580. The second-order valence-electron chi connectivity index (χ2n) is 13.8. The van der Waals surface area contributed by atoms with Gasteiger partial charge in [-0.2, -0.15) is 9.97 Å². The summed E-state index contributed by atoms with van der Waals surface area (Å²) in [5.41, 5.74) is 15.0. The predicted molar refractivity (Wildman–Crippen MR) is 201 cm³/mol. The Kier molecular flexibility index (Phi) is 13.3. The largest absolute Gasteiger partial charge is 0.472 e. The second kappa shape index (κ2) is 18.0. The van der Waals surface area contributed by atoms with Crippen LogP contribution in [-0.2, 0) is 50.5 Å². The van der Waals surface area contributed by atoms with Crippen molar-refractivity contribution in [1.82, 2.24) is 38.6 Å². The molecule has 0 spiro atoms. The topological polar surface area (TPSA) is 478 Å². The third kappa shape index (κ3) is 10.2. The number of phosphoric acid groups is 3. The predicted octanol–water partition coefficient (Wildman–Crippen LogP) is -4.66. The zero-order valence-electron chi connectivity index (χ0n) is 31.5. The van der Waals surface area contributed by atoms with Gasteiger partial charge in [0, 0.05) is 12.4 Å². The van der Waals surface area contributed by atoms with E-state index in [9.17, 15) is 63.3 Å². The number of imidazole rings is 1. The Hall–Kier alpha value is -4.24. The van der Waals surface area contributed by atoms with Crippen LogP contribution >= 0.6 is 23.5 Å². The molecule has 0 aliphatic carbocycles. The highest BCUT2D eigenvalue weighted by Crippen LogP contribution is 2.52. The summed E-state index contributed by atoms with van der Waals surface area (Å²) in [5, 5.41) is 43.9. The highest BCUT2D eigenvalue weighted by Gasteiger charge is 2.53. The molecule has 35 heteroatoms. The van der Waals surface area contributed by atoms with Crippen molar-refractivity contribution < 1.29 is 90.5 Å². The van der Waals surface area contributed by atoms with E-state index >= 15 is 0 Å². The van der Waals surface area contributed by atoms with Gasteiger partial charge in [0.25, 0.3) is 0 Å². The Morgan fingerprint density at radius 3 is 1.57 bits per heavy atom. The molecule has 346 valence electrons. The molecule has 7 rings (SSSR count). The van der Waals surface area contributed by atoms with E-state index in [0.717, 1.165) is 30.9 Å². The van der Waals surface area contributed by atoms with E-state index in [4.69, 9.17) is 49.5 Å². The number of anilines is 3. The van der Waals surface area contributed by atoms with Crippen LogP contribution < -0.4 is 28.6 Å². The number of phosphoric ester groups is 3. The number of nitrogen functional groups attached to an aromatic ring is 3. The van der Waals surface area contributed by atoms with Crippen LogP contribution in [0.15, 0.2) is 46.8 Å². The molecule has 0 amide bonds. The van der Waals surface area contributed by atoms with Crippen molar-refractivity contribution in [3.8, 4) is 0 Å². The van der Waals surface area contributed by atoms with Gasteiger partial charge in [0.2, 0.25) is 0 Å². The number of hydrogen-bond acceptors (Lipinski definition) is 25. The number of ether oxygens (including phenoxy) is 3. The molecule has 0 radical (unpaired) electrons. The molecule has 63 heavy (non-hydrogen) atoms. The summed E-state index contributed by atoms with van der Waals surface area (Å²) in [7, 11) is -16.2. The van der Waals surface area contributed by atoms with Crippen LogP contribution in [0.2, 0.25) is 0 Å². The van der Waals surface area contributed by atoms with Gasteiger partial charge in [-0.15, -0.1) is 0 Å². The summed E-state index contributed by atoms with van der Waals surface area (Å²) in [5.74, 6) is -0.467. The lowest BCUT2D eigenvalue weighted by molar-refractivity contribution is -0.0632. The average Bonchev–Trinajstić information content (AvgIpc) is 3.92. The highest BCUT2D eigenvalue weighted by molar-refractivity contribution is 7.47. The molecule has 3 aliphatic heterocycles. The van der Waals surface area contributed by atoms with Gasteiger partial charge in [0.15, 0.2) is 30.1 Å². The van der Waals surface area contributed by atoms with E-state index in [1.807, 2.05) is 0 Å². The smallest absolute Gasteiger partial charge is 0.387 e. The molecule has 3 fully saturated rings. The Balaban J connectivity index is 1.07. The van der Waals surface area contributed by atoms with Gasteiger partial charge in [-0.05, 0) is 12.1 Å². The van der Waals surface area contributed by atoms with Gasteiger partial charge < -0.3 is 71.4 Å². The maximum Gasteiger partial charge on any atom is 0.472 e. The second-order valence-corrected chi connectivity index (χ2v) is 17.8. The number of rotatable bonds is 16. The number of aromatic nitrogens is 8. The van der Waals surface area contributed by atoms with Gasteiger partial charge in [0.05, 0.1) is 26.1 Å². The standard InChI is InChI=1S/C28H38N11O21P3/c29-13-1-3-37(27(44)35-13)25-18(42)20(11(57-25)6-53-61(46,47)48)59-63(51,52)55-7-12-21(19(43)26(58-12)38-4-2-14(30)36-28(38)45)60-62(49,50)54-5-10-16(40)17(41)24(56-10)39-9-34-15-22(31)32-8-33-23(15)39/h1-4,8-12,16-21,24-26,40-43H,5-7H2,(H,49,50)(H,51,52)(H2,29,35,44)(H2,30,36,45)(H2,31,32,33)(H2,46,47,48)/t10-,11-,12-,16-,17-,18-,19-,20-,21-,24-,25-,26-/m1/s1. The van der Waals surface area contributed by atoms with Crippen molar-refractivity contribution in [1.29, 1.82) is 0 Å². The van der Waals surface area contributed by atoms with Crippen molar-refractivity contribution in [3.05, 3.63) is 58.1 Å². The van der Waals surface area contributed by atoms with Gasteiger partial charge in [-0.25, -0.2) is 38.2 Å². The van der Waals surface area contributed by atoms with Crippen LogP contribution in [-0.4, -0.2) is 153 Å². The minimum Gasteiger partial charge on any atom is -0.387 e. The number of aliphatic hydroxyl groups is 4. The summed E-state index contributed by atoms with van der Waals surface area (Å²) < 4.78 is 82.6. The number of hydrogen-bond donors (Lipinski definition) is 11. The molecule has 4 aromatic rings. The molecule has 4 aromatic heterocycles. The van der Waals surface area contributed by atoms with E-state index in [1.165, 1.54) is 10.9 Å². The molecule has 32 nitrogen and oxygen atoms in total. The van der Waals surface area contributed by atoms with Crippen molar-refractivity contribution in [2.24, 2.45) is 0 Å². The van der Waals surface area contributed by atoms with Gasteiger partial charge in [-0.1, -0.05) is 0 Å². The maximum absolute atomic E-state index is 13.4. The minimum absolute atomic E-state index is 0.00324. The lowest BCUT2D eigenvalue weighted by atomic mass is 10.1. The molecule has 0 aromatic carbocycles. The Morgan fingerprint density at radius 2 is 1.08 bits per heavy atom. The lowest BCUT2D eigenvalue weighted by Crippen LogP contribution is -2.39. The van der Waals surface area contributed by atoms with Crippen molar-refractivity contribution in [2.75, 3.05) is 37.0 Å². The van der Waals surface area contributed by atoms with E-state index in [-0.39, 0.29) is 28.6 Å². The minimum atomic E-state index is -5.54. The molecule has 14 N–H and O–H groups in total. The molecule has 7 heterocycles. The SMILES string of the molecule is Nc1ccn([C@@H]2O[C@H](COP(=O)(O)O)[C@@H](OP(=O)(O)OC[C@H]3O[C@@H](n4ccc(N)nc4=O)[C@H](O)[C@@H]3OP(=O)(O)OC[C@H]3O[C@@H](n4cnc5c(N)ncnc54)[C@H](O)[C@@H]3O)[C@H]2O)c(=O)n1. The van der Waals surface area contributed by atoms with Crippen molar-refractivity contribution in [2.45, 2.75) is 73.6 Å². The van der Waals surface area contributed by atoms with Crippen LogP contribution in [0, 0.1) is 0 Å². The molecular weight excluding hydrogens is 919 g/mol. The fourth-order valence-corrected chi connectivity index (χ4v) is 8.96. The summed E-state index contributed by atoms with van der Waals surface area (Å²) in [6.45, 7) is -3.22. The summed E-state index contributed by atoms with van der Waals surface area (Å²) in [6, 6.07) is 2.25. The zero-order valence-corrected chi connectivity index (χ0v) is 34.2. The number of nitrogens with two attached hydrogens (primary N) is 3. The summed E-state index contributed by atoms with van der Waals surface area (Å²) in [4.78, 5) is 84.2. The van der Waals surface area contributed by atoms with Crippen LogP contribution in [0.25, 0.3) is 11.2 Å². The first kappa shape index (κ1) is 46.7. The van der Waals surface area contributed by atoms with E-state index < -0.39 is 128 Å². The number of aliphatic hydroxyl groups excluding tert-OH is 4. The quantitative estimate of drug-likeness (QED) is 0.0470. The number of fused-ring (bicyclic) bond motifs is 1. The fourth-order valence-electron chi connectivity index (χ4n) is 6.69. The zero-order chi connectivity index (χ0) is 45.8. The normalized spacial score (nSPS) is 31.9. The van der Waals surface area contributed by atoms with Crippen molar-refractivity contribution >= 4 is 52.1 Å². The van der Waals surface area contributed by atoms with E-state index in [1.54, 1.807) is 0 Å². The molecule has 2 unspecified atom stereocenters. The van der Waals surface area contributed by atoms with Crippen LogP contribution in [0.4, 0.5) is 17.5 Å². The summed E-state index contributed by atoms with van der Waals surface area (Å²) in [6.07, 6.45) is -17.5. The lowest BCUT2D eigenvalue weighted by Gasteiger charge is -2.26. The van der Waals surface area contributed by atoms with E-state index in [2.05, 4.69) is 29.4 Å². The van der Waals surface area contributed by atoms with Crippen LogP contribution in [0.3, 0.4) is 0 Å². The number of nitrogens with zero attached hydrogens (tertiary/aromatic N) is 8. The average molecular weight is 958 g/mol. The Morgan fingerprint density at radius 1 is 0.619 bits per heavy atom. The molecule has 0 saturated carbocycles. The molecule has 3 aliphatic rings. The van der Waals surface area contributed by atoms with Crippen molar-refractivity contribution in [3.63, 3.8) is 0 Å². The fraction of sp³-hybridized carbons (Fsp3) is 0.536. The first-order valence-corrected chi connectivity index (χ1v) is 22.4. The van der Waals surface area contributed by atoms with Crippen LogP contribution in [0.5, 0.6) is 0 Å². The molecule has 3 saturated heterocycles. The van der Waals surface area contributed by atoms with Gasteiger partial charge in [-0.3, -0.25) is 36.3 Å². The third-order valence-electron chi connectivity index (χ3n) is 9.59. The van der Waals surface area contributed by atoms with Gasteiger partial charge in [0.1, 0.15) is 78.4 Å². The molecule has 14 atom stereocenters. The third-order valence-corrected chi connectivity index (χ3v) is 12.0. The van der Waals surface area contributed by atoms with Gasteiger partial charge >= 0.3 is 34.8 Å². The monoisotopic (exact) mass is 957 g/mol. The Labute approximate surface area is 349 Å². The van der Waals surface area contributed by atoms with Crippen LogP contribution in [0.1, 0.15) is 18.7 Å². The maximum atomic E-state index is 13.4. The first-order chi connectivity index (χ1) is 29.5. The highest BCUT2D eigenvalue weighted by atomic mass is 31.2.